The minimum Gasteiger partial charge on any atom is -0.451 e. The standard InChI is InChI=1S/C12H24N4O3/c1-6-7-8-9-13-11(17)16(4)10(15(2)3)14-12(18)19-5/h6-9H2,1-5H3,(H,13,17)/b14-10-. The third kappa shape index (κ3) is 6.64. The molecule has 0 saturated carbocycles. The quantitative estimate of drug-likeness (QED) is 0.478. The molecule has 0 spiro atoms. The first-order valence-electron chi connectivity index (χ1n) is 6.29. The number of aliphatic imine (C=N–C) groups is 1. The Bertz CT molecular complexity index is 329. The fourth-order valence-electron chi connectivity index (χ4n) is 1.38. The number of nitrogens with one attached hydrogen (secondary N) is 1. The smallest absolute Gasteiger partial charge is 0.436 e. The van der Waals surface area contributed by atoms with Crippen molar-refractivity contribution in [2.45, 2.75) is 26.2 Å². The van der Waals surface area contributed by atoms with Crippen LogP contribution in [0.1, 0.15) is 26.2 Å². The first kappa shape index (κ1) is 17.2. The highest BCUT2D eigenvalue weighted by atomic mass is 16.5. The number of guanidine groups is 1. The van der Waals surface area contributed by atoms with Crippen molar-refractivity contribution in [1.82, 2.24) is 15.1 Å². The maximum atomic E-state index is 11.9. The van der Waals surface area contributed by atoms with E-state index in [1.807, 2.05) is 0 Å². The van der Waals surface area contributed by atoms with Crippen molar-refractivity contribution < 1.29 is 14.3 Å². The van der Waals surface area contributed by atoms with Crippen LogP contribution in [0.5, 0.6) is 0 Å². The zero-order valence-corrected chi connectivity index (χ0v) is 12.4. The molecule has 0 aromatic rings. The van der Waals surface area contributed by atoms with Gasteiger partial charge in [-0.25, -0.2) is 9.59 Å². The second-order valence-electron chi connectivity index (χ2n) is 4.27. The Morgan fingerprint density at radius 1 is 1.21 bits per heavy atom. The van der Waals surface area contributed by atoms with E-state index in [1.54, 1.807) is 26.0 Å². The van der Waals surface area contributed by atoms with Crippen molar-refractivity contribution in [3.8, 4) is 0 Å². The highest BCUT2D eigenvalue weighted by molar-refractivity contribution is 5.99. The highest BCUT2D eigenvalue weighted by Crippen LogP contribution is 1.97. The third-order valence-electron chi connectivity index (χ3n) is 2.43. The van der Waals surface area contributed by atoms with Crippen LogP contribution in [0.15, 0.2) is 4.99 Å². The number of hydrogen-bond donors (Lipinski definition) is 1. The van der Waals surface area contributed by atoms with Crippen LogP contribution in [0.3, 0.4) is 0 Å². The number of methoxy groups -OCH3 is 1. The number of unbranched alkanes of at least 4 members (excludes halogenated alkanes) is 2. The molecule has 0 heterocycles. The van der Waals surface area contributed by atoms with E-state index >= 15 is 0 Å². The summed E-state index contributed by atoms with van der Waals surface area (Å²) in [4.78, 5) is 29.6. The molecule has 0 aliphatic carbocycles. The number of carbonyl (C=O) groups excluding carboxylic acids is 2. The molecule has 0 radical (unpaired) electrons. The first-order valence-corrected chi connectivity index (χ1v) is 6.29. The molecule has 0 atom stereocenters. The van der Waals surface area contributed by atoms with Crippen LogP contribution < -0.4 is 5.32 Å². The maximum Gasteiger partial charge on any atom is 0.436 e. The summed E-state index contributed by atoms with van der Waals surface area (Å²) < 4.78 is 4.46. The summed E-state index contributed by atoms with van der Waals surface area (Å²) in [6.45, 7) is 2.71. The van der Waals surface area contributed by atoms with Gasteiger partial charge in [0, 0.05) is 27.7 Å². The van der Waals surface area contributed by atoms with E-state index in [0.29, 0.717) is 6.54 Å². The van der Waals surface area contributed by atoms with E-state index < -0.39 is 6.09 Å². The predicted molar refractivity (Wildman–Crippen MR) is 74.2 cm³/mol. The molecule has 7 heteroatoms. The summed E-state index contributed by atoms with van der Waals surface area (Å²) in [5.74, 6) is 0.222. The van der Waals surface area contributed by atoms with Crippen LogP contribution in [0, 0.1) is 0 Å². The Morgan fingerprint density at radius 3 is 2.32 bits per heavy atom. The third-order valence-corrected chi connectivity index (χ3v) is 2.43. The number of nitrogens with zero attached hydrogens (tertiary/aromatic N) is 3. The van der Waals surface area contributed by atoms with Gasteiger partial charge < -0.3 is 15.0 Å². The molecular formula is C12H24N4O3. The zero-order valence-electron chi connectivity index (χ0n) is 12.4. The Labute approximate surface area is 114 Å². The Hall–Kier alpha value is -1.79. The van der Waals surface area contributed by atoms with Crippen molar-refractivity contribution in [1.29, 1.82) is 0 Å². The Balaban J connectivity index is 4.55. The van der Waals surface area contributed by atoms with E-state index in [-0.39, 0.29) is 12.0 Å². The highest BCUT2D eigenvalue weighted by Gasteiger charge is 2.17. The molecule has 0 saturated heterocycles. The molecule has 1 N–H and O–H groups in total. The minimum absolute atomic E-state index is 0.222. The summed E-state index contributed by atoms with van der Waals surface area (Å²) >= 11 is 0. The summed E-state index contributed by atoms with van der Waals surface area (Å²) in [5.41, 5.74) is 0. The Morgan fingerprint density at radius 2 is 1.84 bits per heavy atom. The fraction of sp³-hybridized carbons (Fsp3) is 0.750. The average molecular weight is 272 g/mol. The van der Waals surface area contributed by atoms with Gasteiger partial charge in [0.15, 0.2) is 0 Å². The lowest BCUT2D eigenvalue weighted by Crippen LogP contribution is -2.47. The molecule has 0 fully saturated rings. The van der Waals surface area contributed by atoms with Gasteiger partial charge in [-0.05, 0) is 6.42 Å². The van der Waals surface area contributed by atoms with Gasteiger partial charge in [-0.1, -0.05) is 19.8 Å². The molecule has 0 aromatic heterocycles. The van der Waals surface area contributed by atoms with Crippen LogP contribution in [-0.4, -0.2) is 62.7 Å². The molecule has 7 nitrogen and oxygen atoms in total. The predicted octanol–water partition coefficient (Wildman–Crippen LogP) is 1.50. The van der Waals surface area contributed by atoms with Crippen molar-refractivity contribution in [2.75, 3.05) is 34.8 Å². The molecule has 0 bridgehead atoms. The van der Waals surface area contributed by atoms with E-state index in [2.05, 4.69) is 22.0 Å². The largest absolute Gasteiger partial charge is 0.451 e. The van der Waals surface area contributed by atoms with Gasteiger partial charge in [0.25, 0.3) is 0 Å². The normalized spacial score (nSPS) is 10.9. The fourth-order valence-corrected chi connectivity index (χ4v) is 1.38. The molecule has 0 rings (SSSR count). The van der Waals surface area contributed by atoms with Gasteiger partial charge >= 0.3 is 12.1 Å². The molecule has 110 valence electrons. The van der Waals surface area contributed by atoms with E-state index in [9.17, 15) is 9.59 Å². The van der Waals surface area contributed by atoms with Crippen molar-refractivity contribution in [3.05, 3.63) is 0 Å². The summed E-state index contributed by atoms with van der Waals surface area (Å²) in [6, 6.07) is -0.299. The molecule has 3 amide bonds. The maximum absolute atomic E-state index is 11.9. The molecule has 0 aromatic carbocycles. The summed E-state index contributed by atoms with van der Waals surface area (Å²) in [5, 5.41) is 2.77. The number of urea groups is 1. The Kier molecular flexibility index (Phi) is 8.32. The molecular weight excluding hydrogens is 248 g/mol. The van der Waals surface area contributed by atoms with E-state index in [0.717, 1.165) is 19.3 Å². The van der Waals surface area contributed by atoms with Gasteiger partial charge in [-0.3, -0.25) is 4.90 Å². The van der Waals surface area contributed by atoms with E-state index in [4.69, 9.17) is 0 Å². The van der Waals surface area contributed by atoms with Crippen molar-refractivity contribution >= 4 is 18.1 Å². The number of rotatable bonds is 4. The van der Waals surface area contributed by atoms with Crippen molar-refractivity contribution in [3.63, 3.8) is 0 Å². The lowest BCUT2D eigenvalue weighted by Gasteiger charge is -2.24. The molecule has 0 aliphatic rings. The molecule has 0 aliphatic heterocycles. The zero-order chi connectivity index (χ0) is 14.8. The van der Waals surface area contributed by atoms with Gasteiger partial charge in [-0.15, -0.1) is 4.99 Å². The van der Waals surface area contributed by atoms with Crippen LogP contribution in [0.4, 0.5) is 9.59 Å². The number of hydrogen-bond acceptors (Lipinski definition) is 3. The average Bonchev–Trinajstić information content (AvgIpc) is 2.39. The second-order valence-corrected chi connectivity index (χ2v) is 4.27. The lowest BCUT2D eigenvalue weighted by atomic mass is 10.2. The van der Waals surface area contributed by atoms with Crippen LogP contribution in [0.25, 0.3) is 0 Å². The summed E-state index contributed by atoms with van der Waals surface area (Å²) in [6.07, 6.45) is 2.36. The summed E-state index contributed by atoms with van der Waals surface area (Å²) in [7, 11) is 6.19. The van der Waals surface area contributed by atoms with Crippen molar-refractivity contribution in [2.24, 2.45) is 4.99 Å². The van der Waals surface area contributed by atoms with Gasteiger partial charge in [0.2, 0.25) is 5.96 Å². The SMILES string of the molecule is CCCCCNC(=O)N(C)/C(=N\C(=O)OC)N(C)C. The van der Waals surface area contributed by atoms with E-state index in [1.165, 1.54) is 12.0 Å². The topological polar surface area (TPSA) is 74.2 Å². The number of carbonyl (C=O) groups is 2. The second kappa shape index (κ2) is 9.18. The van der Waals surface area contributed by atoms with Crippen LogP contribution in [0.2, 0.25) is 0 Å². The van der Waals surface area contributed by atoms with Gasteiger partial charge in [-0.2, -0.15) is 0 Å². The van der Waals surface area contributed by atoms with Crippen LogP contribution >= 0.6 is 0 Å². The molecule has 0 unspecified atom stereocenters. The number of ether oxygens (including phenoxy) is 1. The molecule has 19 heavy (non-hydrogen) atoms. The monoisotopic (exact) mass is 272 g/mol. The van der Waals surface area contributed by atoms with Gasteiger partial charge in [0.1, 0.15) is 0 Å². The lowest BCUT2D eigenvalue weighted by molar-refractivity contribution is 0.181. The number of amides is 3. The minimum atomic E-state index is -0.741. The first-order chi connectivity index (χ1) is 8.93. The van der Waals surface area contributed by atoms with Crippen LogP contribution in [-0.2, 0) is 4.74 Å². The van der Waals surface area contributed by atoms with Gasteiger partial charge in [0.05, 0.1) is 7.11 Å².